The molecular weight excluding hydrogens is 244 g/mol. The fourth-order valence-corrected chi connectivity index (χ4v) is 2.49. The van der Waals surface area contributed by atoms with Crippen LogP contribution in [0.5, 0.6) is 0 Å². The Labute approximate surface area is 113 Å². The highest BCUT2D eigenvalue weighted by molar-refractivity contribution is 5.91. The minimum Gasteiger partial charge on any atom is -0.393 e. The summed E-state index contributed by atoms with van der Waals surface area (Å²) in [4.78, 5) is 16.0. The van der Waals surface area contributed by atoms with Gasteiger partial charge < -0.3 is 20.7 Å². The van der Waals surface area contributed by atoms with Crippen LogP contribution < -0.4 is 11.1 Å². The third kappa shape index (κ3) is 3.78. The predicted octanol–water partition coefficient (Wildman–Crippen LogP) is 0.123. The smallest absolute Gasteiger partial charge is 0.271 e. The van der Waals surface area contributed by atoms with E-state index >= 15 is 0 Å². The van der Waals surface area contributed by atoms with E-state index in [0.29, 0.717) is 25.3 Å². The summed E-state index contributed by atoms with van der Waals surface area (Å²) in [5, 5.41) is 12.7. The van der Waals surface area contributed by atoms with Gasteiger partial charge in [-0.1, -0.05) is 12.8 Å². The first-order valence-electron chi connectivity index (χ1n) is 6.89. The number of imidazole rings is 1. The van der Waals surface area contributed by atoms with Gasteiger partial charge in [-0.15, -0.1) is 0 Å². The van der Waals surface area contributed by atoms with Crippen LogP contribution in [0.2, 0.25) is 0 Å². The molecule has 0 aromatic carbocycles. The average Bonchev–Trinajstić information content (AvgIpc) is 2.87. The van der Waals surface area contributed by atoms with Gasteiger partial charge >= 0.3 is 0 Å². The molecule has 1 aromatic heterocycles. The van der Waals surface area contributed by atoms with Crippen molar-refractivity contribution in [2.75, 3.05) is 13.1 Å². The van der Waals surface area contributed by atoms with Crippen molar-refractivity contribution in [1.29, 1.82) is 0 Å². The van der Waals surface area contributed by atoms with Gasteiger partial charge in [0.2, 0.25) is 0 Å². The minimum absolute atomic E-state index is 0.170. The number of nitrogens with two attached hydrogens (primary N) is 1. The lowest BCUT2D eigenvalue weighted by molar-refractivity contribution is 0.0662. The maximum atomic E-state index is 11.9. The summed E-state index contributed by atoms with van der Waals surface area (Å²) in [7, 11) is 0. The van der Waals surface area contributed by atoms with Gasteiger partial charge in [-0.2, -0.15) is 0 Å². The zero-order valence-electron chi connectivity index (χ0n) is 11.1. The molecule has 0 saturated heterocycles. The quantitative estimate of drug-likeness (QED) is 0.706. The monoisotopic (exact) mass is 266 g/mol. The topological polar surface area (TPSA) is 93.2 Å². The van der Waals surface area contributed by atoms with Crippen molar-refractivity contribution in [2.24, 2.45) is 11.7 Å². The number of amides is 1. The molecule has 0 spiro atoms. The number of rotatable bonds is 5. The molecule has 19 heavy (non-hydrogen) atoms. The van der Waals surface area contributed by atoms with Crippen LogP contribution in [0.3, 0.4) is 0 Å². The molecule has 0 aliphatic heterocycles. The molecule has 6 heteroatoms. The number of aromatic nitrogens is 2. The maximum Gasteiger partial charge on any atom is 0.271 e. The molecule has 2 rings (SSSR count). The summed E-state index contributed by atoms with van der Waals surface area (Å²) >= 11 is 0. The summed E-state index contributed by atoms with van der Waals surface area (Å²) in [6, 6.07) is 0. The zero-order chi connectivity index (χ0) is 13.7. The Balaban J connectivity index is 1.82. The highest BCUT2D eigenvalue weighted by atomic mass is 16.3. The van der Waals surface area contributed by atoms with Crippen molar-refractivity contribution in [1.82, 2.24) is 14.9 Å². The first-order chi connectivity index (χ1) is 9.20. The summed E-state index contributed by atoms with van der Waals surface area (Å²) in [5.74, 6) is -0.0163. The molecule has 1 fully saturated rings. The lowest BCUT2D eigenvalue weighted by Gasteiger charge is -2.27. The Morgan fingerprint density at radius 2 is 2.32 bits per heavy atom. The summed E-state index contributed by atoms with van der Waals surface area (Å²) in [5.41, 5.74) is 5.84. The number of carbonyl (C=O) groups is 1. The Morgan fingerprint density at radius 1 is 1.53 bits per heavy atom. The van der Waals surface area contributed by atoms with Crippen molar-refractivity contribution in [3.05, 3.63) is 18.2 Å². The largest absolute Gasteiger partial charge is 0.393 e. The third-order valence-electron chi connectivity index (χ3n) is 3.65. The Kier molecular flexibility index (Phi) is 4.93. The molecule has 1 amide bonds. The molecule has 0 radical (unpaired) electrons. The number of carbonyl (C=O) groups excluding carboxylic acids is 1. The van der Waals surface area contributed by atoms with Crippen molar-refractivity contribution in [3.63, 3.8) is 0 Å². The standard InChI is InChI=1S/C13H22N4O2/c14-5-6-17-8-11(16-9-17)13(19)15-7-10-3-1-2-4-12(10)18/h8-10,12,18H,1-7,14H2,(H,15,19). The van der Waals surface area contributed by atoms with E-state index in [0.717, 1.165) is 25.7 Å². The molecule has 1 aliphatic rings. The molecule has 2 unspecified atom stereocenters. The first kappa shape index (κ1) is 14.0. The van der Waals surface area contributed by atoms with E-state index in [4.69, 9.17) is 5.73 Å². The normalized spacial score (nSPS) is 23.3. The molecule has 1 heterocycles. The van der Waals surface area contributed by atoms with Gasteiger partial charge in [0, 0.05) is 31.7 Å². The van der Waals surface area contributed by atoms with Crippen LogP contribution in [0.1, 0.15) is 36.2 Å². The SMILES string of the molecule is NCCn1cnc(C(=O)NCC2CCCCC2O)c1. The number of aliphatic hydroxyl groups is 1. The Hall–Kier alpha value is -1.40. The van der Waals surface area contributed by atoms with E-state index in [1.165, 1.54) is 0 Å². The molecule has 106 valence electrons. The van der Waals surface area contributed by atoms with Crippen molar-refractivity contribution in [3.8, 4) is 0 Å². The van der Waals surface area contributed by atoms with Gasteiger partial charge in [0.05, 0.1) is 12.4 Å². The molecule has 6 nitrogen and oxygen atoms in total. The number of aliphatic hydroxyl groups excluding tert-OH is 1. The average molecular weight is 266 g/mol. The van der Waals surface area contributed by atoms with Gasteiger partial charge in [-0.3, -0.25) is 4.79 Å². The molecule has 4 N–H and O–H groups in total. The second kappa shape index (κ2) is 6.68. The van der Waals surface area contributed by atoms with Gasteiger partial charge in [0.15, 0.2) is 0 Å². The predicted molar refractivity (Wildman–Crippen MR) is 71.6 cm³/mol. The number of hydrogen-bond donors (Lipinski definition) is 3. The molecular formula is C13H22N4O2. The van der Waals surface area contributed by atoms with Crippen LogP contribution in [-0.2, 0) is 6.54 Å². The highest BCUT2D eigenvalue weighted by Crippen LogP contribution is 2.23. The van der Waals surface area contributed by atoms with Crippen LogP contribution in [-0.4, -0.2) is 39.8 Å². The molecule has 0 bridgehead atoms. The fraction of sp³-hybridized carbons (Fsp3) is 0.692. The van der Waals surface area contributed by atoms with Crippen molar-refractivity contribution < 1.29 is 9.90 Å². The lowest BCUT2D eigenvalue weighted by atomic mass is 9.86. The summed E-state index contributed by atoms with van der Waals surface area (Å²) in [6.07, 6.45) is 7.03. The van der Waals surface area contributed by atoms with Crippen LogP contribution in [0.25, 0.3) is 0 Å². The highest BCUT2D eigenvalue weighted by Gasteiger charge is 2.23. The number of nitrogens with one attached hydrogen (secondary N) is 1. The van der Waals surface area contributed by atoms with Gasteiger partial charge in [0.1, 0.15) is 5.69 Å². The molecule has 1 saturated carbocycles. The third-order valence-corrected chi connectivity index (χ3v) is 3.65. The van der Waals surface area contributed by atoms with E-state index in [1.807, 2.05) is 0 Å². The molecule has 1 aliphatic carbocycles. The molecule has 1 aromatic rings. The van der Waals surface area contributed by atoms with E-state index < -0.39 is 0 Å². The fourth-order valence-electron chi connectivity index (χ4n) is 2.49. The zero-order valence-corrected chi connectivity index (χ0v) is 11.1. The van der Waals surface area contributed by atoms with Crippen molar-refractivity contribution >= 4 is 5.91 Å². The second-order valence-corrected chi connectivity index (χ2v) is 5.11. The number of nitrogens with zero attached hydrogens (tertiary/aromatic N) is 2. The lowest BCUT2D eigenvalue weighted by Crippen LogP contribution is -2.36. The van der Waals surface area contributed by atoms with Gasteiger partial charge in [-0.05, 0) is 12.8 Å². The Bertz CT molecular complexity index is 419. The second-order valence-electron chi connectivity index (χ2n) is 5.11. The van der Waals surface area contributed by atoms with E-state index in [-0.39, 0.29) is 17.9 Å². The maximum absolute atomic E-state index is 11.9. The first-order valence-corrected chi connectivity index (χ1v) is 6.89. The number of hydrogen-bond acceptors (Lipinski definition) is 4. The summed E-state index contributed by atoms with van der Waals surface area (Å²) < 4.78 is 1.80. The van der Waals surface area contributed by atoms with E-state index in [9.17, 15) is 9.90 Å². The Morgan fingerprint density at radius 3 is 3.05 bits per heavy atom. The summed E-state index contributed by atoms with van der Waals surface area (Å²) in [6.45, 7) is 1.69. The van der Waals surface area contributed by atoms with E-state index in [2.05, 4.69) is 10.3 Å². The van der Waals surface area contributed by atoms with Gasteiger partial charge in [-0.25, -0.2) is 4.98 Å². The van der Waals surface area contributed by atoms with Crippen LogP contribution in [0, 0.1) is 5.92 Å². The van der Waals surface area contributed by atoms with Crippen molar-refractivity contribution in [2.45, 2.75) is 38.3 Å². The van der Waals surface area contributed by atoms with Crippen LogP contribution in [0.15, 0.2) is 12.5 Å². The van der Waals surface area contributed by atoms with Crippen LogP contribution >= 0.6 is 0 Å². The minimum atomic E-state index is -0.288. The van der Waals surface area contributed by atoms with Gasteiger partial charge in [0.25, 0.3) is 5.91 Å². The van der Waals surface area contributed by atoms with E-state index in [1.54, 1.807) is 17.1 Å². The molecule has 2 atom stereocenters. The van der Waals surface area contributed by atoms with Crippen LogP contribution in [0.4, 0.5) is 0 Å².